The second kappa shape index (κ2) is 7.44. The van der Waals surface area contributed by atoms with E-state index in [-0.39, 0.29) is 0 Å². The summed E-state index contributed by atoms with van der Waals surface area (Å²) in [6.45, 7) is 2.03. The number of benzene rings is 2. The molecule has 2 heterocycles. The minimum atomic E-state index is -0.397. The fraction of sp³-hybridized carbons (Fsp3) is 0.143. The van der Waals surface area contributed by atoms with Gasteiger partial charge < -0.3 is 10.1 Å². The van der Waals surface area contributed by atoms with Crippen LogP contribution >= 0.6 is 11.8 Å². The average molecular weight is 390 g/mol. The number of ether oxygens (including phenoxy) is 1. The minimum Gasteiger partial charge on any atom is -0.465 e. The molecule has 0 saturated carbocycles. The Balaban J connectivity index is 1.98. The smallest absolute Gasteiger partial charge is 0.337 e. The van der Waals surface area contributed by atoms with Gasteiger partial charge in [-0.3, -0.25) is 0 Å². The number of hydrogen-bond acceptors (Lipinski definition) is 7. The van der Waals surface area contributed by atoms with E-state index < -0.39 is 5.97 Å². The highest BCUT2D eigenvalue weighted by Gasteiger charge is 2.15. The Kier molecular flexibility index (Phi) is 4.83. The van der Waals surface area contributed by atoms with Crippen molar-refractivity contribution >= 4 is 51.0 Å². The Bertz CT molecular complexity index is 1210. The Hall–Kier alpha value is -3.19. The van der Waals surface area contributed by atoms with E-state index in [0.29, 0.717) is 22.1 Å². The summed E-state index contributed by atoms with van der Waals surface area (Å²) in [7, 11) is 1.36. The van der Waals surface area contributed by atoms with Gasteiger partial charge in [-0.1, -0.05) is 36.0 Å². The van der Waals surface area contributed by atoms with Crippen LogP contribution in [-0.4, -0.2) is 34.3 Å². The van der Waals surface area contributed by atoms with Gasteiger partial charge in [-0.25, -0.2) is 19.7 Å². The summed E-state index contributed by atoms with van der Waals surface area (Å²) >= 11 is 1.48. The number of esters is 1. The lowest BCUT2D eigenvalue weighted by molar-refractivity contribution is 0.0601. The number of nitrogens with one attached hydrogen (secondary N) is 1. The number of anilines is 2. The molecule has 0 aliphatic heterocycles. The first-order valence-corrected chi connectivity index (χ1v) is 9.88. The summed E-state index contributed by atoms with van der Waals surface area (Å²) in [5.41, 5.74) is 3.90. The van der Waals surface area contributed by atoms with Gasteiger partial charge in [-0.2, -0.15) is 0 Å². The van der Waals surface area contributed by atoms with E-state index in [1.807, 2.05) is 43.5 Å². The average Bonchev–Trinajstić information content (AvgIpc) is 2.74. The zero-order valence-electron chi connectivity index (χ0n) is 15.7. The molecule has 4 aromatic rings. The van der Waals surface area contributed by atoms with Crippen molar-refractivity contribution in [2.75, 3.05) is 18.7 Å². The number of nitrogens with zero attached hydrogens (tertiary/aromatic N) is 3. The molecule has 0 atom stereocenters. The zero-order valence-corrected chi connectivity index (χ0v) is 16.5. The number of rotatable bonds is 4. The Labute approximate surface area is 166 Å². The van der Waals surface area contributed by atoms with Gasteiger partial charge in [0, 0.05) is 22.7 Å². The molecule has 2 aromatic heterocycles. The first kappa shape index (κ1) is 18.2. The molecule has 0 aliphatic rings. The van der Waals surface area contributed by atoms with Crippen molar-refractivity contribution in [3.63, 3.8) is 0 Å². The molecular formula is C21H18N4O2S. The van der Waals surface area contributed by atoms with Crippen LogP contribution < -0.4 is 5.32 Å². The minimum absolute atomic E-state index is 0.397. The predicted octanol–water partition coefficient (Wildman–Crippen LogP) is 4.74. The number of carbonyl (C=O) groups is 1. The van der Waals surface area contributed by atoms with Gasteiger partial charge in [0.2, 0.25) is 0 Å². The SMILES string of the molecule is COC(=O)c1ccc2c(c1)nc(Nc1ccccc1C)c1nc(SC)ncc12. The van der Waals surface area contributed by atoms with E-state index in [1.165, 1.54) is 18.9 Å². The molecule has 4 rings (SSSR count). The maximum absolute atomic E-state index is 11.9. The van der Waals surface area contributed by atoms with Crippen molar-refractivity contribution in [3.8, 4) is 0 Å². The lowest BCUT2D eigenvalue weighted by Crippen LogP contribution is -2.03. The highest BCUT2D eigenvalue weighted by atomic mass is 32.2. The number of methoxy groups -OCH3 is 1. The van der Waals surface area contributed by atoms with Gasteiger partial charge in [0.25, 0.3) is 0 Å². The third kappa shape index (κ3) is 3.25. The first-order valence-electron chi connectivity index (χ1n) is 8.66. The van der Waals surface area contributed by atoms with Gasteiger partial charge in [-0.05, 0) is 36.9 Å². The number of hydrogen-bond donors (Lipinski definition) is 1. The van der Waals surface area contributed by atoms with Crippen molar-refractivity contribution in [3.05, 3.63) is 59.8 Å². The van der Waals surface area contributed by atoms with Crippen molar-refractivity contribution in [1.82, 2.24) is 15.0 Å². The third-order valence-electron chi connectivity index (χ3n) is 4.51. The molecule has 0 amide bonds. The molecule has 0 bridgehead atoms. The van der Waals surface area contributed by atoms with Crippen LogP contribution in [0.1, 0.15) is 15.9 Å². The Morgan fingerprint density at radius 2 is 1.93 bits per heavy atom. The Morgan fingerprint density at radius 3 is 2.68 bits per heavy atom. The molecule has 0 fully saturated rings. The van der Waals surface area contributed by atoms with Crippen LogP contribution in [-0.2, 0) is 4.74 Å². The van der Waals surface area contributed by atoms with Crippen LogP contribution in [0.25, 0.3) is 21.8 Å². The Morgan fingerprint density at radius 1 is 1.11 bits per heavy atom. The van der Waals surface area contributed by atoms with Crippen molar-refractivity contribution < 1.29 is 9.53 Å². The van der Waals surface area contributed by atoms with E-state index in [1.54, 1.807) is 18.3 Å². The van der Waals surface area contributed by atoms with E-state index in [0.717, 1.165) is 27.5 Å². The summed E-state index contributed by atoms with van der Waals surface area (Å²) in [6.07, 6.45) is 3.74. The standard InChI is InChI=1S/C21H18N4O2S/c1-12-6-4-5-7-16(12)23-19-18-15(11-22-21(25-18)28-3)14-9-8-13(20(26)27-2)10-17(14)24-19/h4-11H,1-3H3,(H,23,24). The summed E-state index contributed by atoms with van der Waals surface area (Å²) in [4.78, 5) is 25.8. The fourth-order valence-corrected chi connectivity index (χ4v) is 3.38. The summed E-state index contributed by atoms with van der Waals surface area (Å²) in [5, 5.41) is 5.82. The summed E-state index contributed by atoms with van der Waals surface area (Å²) < 4.78 is 4.83. The number of thioether (sulfide) groups is 1. The molecular weight excluding hydrogens is 372 g/mol. The lowest BCUT2D eigenvalue weighted by atomic mass is 10.1. The molecule has 6 nitrogen and oxygen atoms in total. The molecule has 0 spiro atoms. The second-order valence-electron chi connectivity index (χ2n) is 6.24. The van der Waals surface area contributed by atoms with Crippen molar-refractivity contribution in [2.24, 2.45) is 0 Å². The van der Waals surface area contributed by atoms with E-state index in [4.69, 9.17) is 9.72 Å². The molecule has 28 heavy (non-hydrogen) atoms. The van der Waals surface area contributed by atoms with Gasteiger partial charge in [0.05, 0.1) is 18.2 Å². The normalized spacial score (nSPS) is 11.0. The van der Waals surface area contributed by atoms with Gasteiger partial charge in [0.15, 0.2) is 11.0 Å². The van der Waals surface area contributed by atoms with Crippen LogP contribution in [0.2, 0.25) is 0 Å². The molecule has 0 aliphatic carbocycles. The van der Waals surface area contributed by atoms with Crippen LogP contribution in [0.4, 0.5) is 11.5 Å². The van der Waals surface area contributed by atoms with Gasteiger partial charge >= 0.3 is 5.97 Å². The lowest BCUT2D eigenvalue weighted by Gasteiger charge is -2.13. The largest absolute Gasteiger partial charge is 0.465 e. The highest BCUT2D eigenvalue weighted by Crippen LogP contribution is 2.31. The third-order valence-corrected chi connectivity index (χ3v) is 5.07. The predicted molar refractivity (Wildman–Crippen MR) is 112 cm³/mol. The fourth-order valence-electron chi connectivity index (χ4n) is 3.04. The summed E-state index contributed by atoms with van der Waals surface area (Å²) in [5.74, 6) is 0.225. The van der Waals surface area contributed by atoms with E-state index in [9.17, 15) is 4.79 Å². The second-order valence-corrected chi connectivity index (χ2v) is 7.02. The number of carbonyl (C=O) groups excluding carboxylic acids is 1. The first-order chi connectivity index (χ1) is 13.6. The quantitative estimate of drug-likeness (QED) is 0.233. The molecule has 0 radical (unpaired) electrons. The number of aryl methyl sites for hydroxylation is 1. The van der Waals surface area contributed by atoms with Gasteiger partial charge in [-0.15, -0.1) is 0 Å². The maximum Gasteiger partial charge on any atom is 0.337 e. The van der Waals surface area contributed by atoms with Crippen LogP contribution in [0.3, 0.4) is 0 Å². The molecule has 0 unspecified atom stereocenters. The summed E-state index contributed by atoms with van der Waals surface area (Å²) in [6, 6.07) is 13.3. The number of pyridine rings is 1. The van der Waals surface area contributed by atoms with Crippen LogP contribution in [0.15, 0.2) is 53.8 Å². The molecule has 7 heteroatoms. The zero-order chi connectivity index (χ0) is 19.7. The number of aromatic nitrogens is 3. The van der Waals surface area contributed by atoms with E-state index in [2.05, 4.69) is 15.3 Å². The molecule has 1 N–H and O–H groups in total. The molecule has 2 aromatic carbocycles. The van der Waals surface area contributed by atoms with Gasteiger partial charge in [0.1, 0.15) is 5.52 Å². The van der Waals surface area contributed by atoms with Crippen molar-refractivity contribution in [2.45, 2.75) is 12.1 Å². The number of para-hydroxylation sites is 1. The van der Waals surface area contributed by atoms with Crippen molar-refractivity contribution in [1.29, 1.82) is 0 Å². The monoisotopic (exact) mass is 390 g/mol. The topological polar surface area (TPSA) is 77.0 Å². The van der Waals surface area contributed by atoms with Crippen LogP contribution in [0.5, 0.6) is 0 Å². The van der Waals surface area contributed by atoms with Crippen LogP contribution in [0, 0.1) is 6.92 Å². The number of fused-ring (bicyclic) bond motifs is 3. The highest BCUT2D eigenvalue weighted by molar-refractivity contribution is 7.98. The molecule has 140 valence electrons. The van der Waals surface area contributed by atoms with E-state index >= 15 is 0 Å². The molecule has 0 saturated heterocycles. The maximum atomic E-state index is 11.9.